The average Bonchev–Trinajstić information content (AvgIpc) is 2.96. The van der Waals surface area contributed by atoms with Gasteiger partial charge in [-0.05, 0) is 39.8 Å². The fourth-order valence-electron chi connectivity index (χ4n) is 4.78. The Morgan fingerprint density at radius 1 is 0.528 bits per heavy atom. The molecule has 0 unspecified atom stereocenters. The number of nitrogens with one attached hydrogen (secondary N) is 1. The molecule has 5 rings (SSSR count). The first-order chi connectivity index (χ1) is 17.8. The molecular formula is C32H28N2OSi. The normalized spacial score (nSPS) is 11.0. The quantitative estimate of drug-likeness (QED) is 0.242. The Bertz CT molecular complexity index is 1280. The molecule has 0 atom stereocenters. The summed E-state index contributed by atoms with van der Waals surface area (Å²) >= 11 is 0. The van der Waals surface area contributed by atoms with Crippen LogP contribution >= 0.6 is 0 Å². The third-order valence-corrected chi connectivity index (χ3v) is 11.3. The monoisotopic (exact) mass is 484 g/mol. The number of nitrogens with zero attached hydrogens (tertiary/aromatic N) is 1. The van der Waals surface area contributed by atoms with E-state index in [2.05, 4.69) is 96.3 Å². The van der Waals surface area contributed by atoms with Gasteiger partial charge in [-0.1, -0.05) is 127 Å². The predicted molar refractivity (Wildman–Crippen MR) is 153 cm³/mol. The van der Waals surface area contributed by atoms with Crippen LogP contribution in [0.5, 0.6) is 0 Å². The zero-order valence-corrected chi connectivity index (χ0v) is 21.0. The fraction of sp³-hybridized carbons (Fsp3) is 0.0312. The summed E-state index contributed by atoms with van der Waals surface area (Å²) in [6.07, 6.45) is 0.549. The topological polar surface area (TPSA) is 32.3 Å². The van der Waals surface area contributed by atoms with Crippen molar-refractivity contribution in [3.05, 3.63) is 152 Å². The van der Waals surface area contributed by atoms with E-state index in [1.54, 1.807) is 0 Å². The predicted octanol–water partition coefficient (Wildman–Crippen LogP) is 5.43. The highest BCUT2D eigenvalue weighted by Crippen LogP contribution is 2.20. The Morgan fingerprint density at radius 2 is 0.889 bits per heavy atom. The lowest BCUT2D eigenvalue weighted by Crippen LogP contribution is -2.73. The standard InChI is InChI=1S/C32H28N2OSi/c35-32(33-27-16-6-1-7-17-27)34(28-18-8-2-9-19-28)26-36(29-20-10-3-11-21-29,30-22-12-4-13-23-30)31-24-14-5-15-25-31/h1-25H,26H2,(H,33,35). The van der Waals surface area contributed by atoms with Crippen molar-refractivity contribution >= 4 is 41.0 Å². The number of hydrogen-bond donors (Lipinski definition) is 1. The molecule has 176 valence electrons. The molecule has 0 aliphatic rings. The van der Waals surface area contributed by atoms with Crippen LogP contribution in [0.4, 0.5) is 16.2 Å². The van der Waals surface area contributed by atoms with Gasteiger partial charge in [-0.3, -0.25) is 4.90 Å². The van der Waals surface area contributed by atoms with E-state index in [-0.39, 0.29) is 6.03 Å². The van der Waals surface area contributed by atoms with Gasteiger partial charge in [-0.15, -0.1) is 0 Å². The third kappa shape index (κ3) is 4.85. The molecule has 1 N–H and O–H groups in total. The van der Waals surface area contributed by atoms with Gasteiger partial charge in [0.15, 0.2) is 8.07 Å². The number of urea groups is 1. The lowest BCUT2D eigenvalue weighted by Gasteiger charge is -2.38. The molecule has 0 saturated heterocycles. The van der Waals surface area contributed by atoms with E-state index in [1.807, 2.05) is 65.6 Å². The summed E-state index contributed by atoms with van der Waals surface area (Å²) in [6, 6.07) is 51.5. The molecule has 36 heavy (non-hydrogen) atoms. The minimum absolute atomic E-state index is 0.146. The Hall–Kier alpha value is -4.41. The van der Waals surface area contributed by atoms with Gasteiger partial charge < -0.3 is 5.32 Å². The van der Waals surface area contributed by atoms with E-state index in [0.717, 1.165) is 11.4 Å². The summed E-state index contributed by atoms with van der Waals surface area (Å²) < 4.78 is 0. The van der Waals surface area contributed by atoms with Crippen LogP contribution in [0.2, 0.25) is 0 Å². The van der Waals surface area contributed by atoms with Crippen molar-refractivity contribution in [2.75, 3.05) is 16.4 Å². The summed E-state index contributed by atoms with van der Waals surface area (Å²) in [7, 11) is -2.68. The van der Waals surface area contributed by atoms with E-state index >= 15 is 0 Å². The first-order valence-electron chi connectivity index (χ1n) is 12.1. The molecular weight excluding hydrogens is 456 g/mol. The average molecular weight is 485 g/mol. The fourth-order valence-corrected chi connectivity index (χ4v) is 9.41. The van der Waals surface area contributed by atoms with E-state index < -0.39 is 8.07 Å². The highest BCUT2D eigenvalue weighted by molar-refractivity contribution is 7.12. The zero-order valence-electron chi connectivity index (χ0n) is 20.0. The Labute approximate surface area is 213 Å². The summed E-state index contributed by atoms with van der Waals surface area (Å²) in [5.41, 5.74) is 1.64. The first-order valence-corrected chi connectivity index (χ1v) is 14.3. The number of anilines is 2. The Morgan fingerprint density at radius 3 is 1.31 bits per heavy atom. The Kier molecular flexibility index (Phi) is 7.06. The van der Waals surface area contributed by atoms with Gasteiger partial charge in [-0.2, -0.15) is 0 Å². The number of amides is 2. The van der Waals surface area contributed by atoms with Gasteiger partial charge in [0.05, 0.1) is 0 Å². The molecule has 0 saturated carbocycles. The summed E-state index contributed by atoms with van der Waals surface area (Å²) in [4.78, 5) is 15.8. The van der Waals surface area contributed by atoms with Crippen molar-refractivity contribution in [1.29, 1.82) is 0 Å². The van der Waals surface area contributed by atoms with Crippen molar-refractivity contribution in [3.8, 4) is 0 Å². The molecule has 0 aliphatic carbocycles. The van der Waals surface area contributed by atoms with Crippen molar-refractivity contribution in [2.45, 2.75) is 0 Å². The van der Waals surface area contributed by atoms with Crippen LogP contribution in [-0.2, 0) is 0 Å². The van der Waals surface area contributed by atoms with Gasteiger partial charge in [0.2, 0.25) is 0 Å². The molecule has 0 aliphatic heterocycles. The van der Waals surface area contributed by atoms with E-state index in [9.17, 15) is 4.79 Å². The maximum Gasteiger partial charge on any atom is 0.326 e. The lowest BCUT2D eigenvalue weighted by atomic mass is 10.3. The second kappa shape index (κ2) is 10.9. The summed E-state index contributed by atoms with van der Waals surface area (Å²) in [5, 5.41) is 6.91. The Balaban J connectivity index is 1.70. The van der Waals surface area contributed by atoms with Gasteiger partial charge in [0.1, 0.15) is 0 Å². The van der Waals surface area contributed by atoms with Crippen LogP contribution in [0.3, 0.4) is 0 Å². The molecule has 4 heteroatoms. The smallest absolute Gasteiger partial charge is 0.308 e. The SMILES string of the molecule is O=C(Nc1ccccc1)N(C[Si](c1ccccc1)(c1ccccc1)c1ccccc1)c1ccccc1. The summed E-state index contributed by atoms with van der Waals surface area (Å²) in [6.45, 7) is 0. The molecule has 0 aromatic heterocycles. The van der Waals surface area contributed by atoms with Crippen LogP contribution in [0.25, 0.3) is 0 Å². The van der Waals surface area contributed by atoms with E-state index in [4.69, 9.17) is 0 Å². The third-order valence-electron chi connectivity index (χ3n) is 6.53. The number of carbonyl (C=O) groups is 1. The second-order valence-corrected chi connectivity index (χ2v) is 12.6. The highest BCUT2D eigenvalue weighted by atomic mass is 28.3. The van der Waals surface area contributed by atoms with Crippen molar-refractivity contribution in [2.24, 2.45) is 0 Å². The number of benzene rings is 5. The van der Waals surface area contributed by atoms with E-state index in [1.165, 1.54) is 15.6 Å². The molecule has 0 fully saturated rings. The first kappa shape index (κ1) is 23.3. The van der Waals surface area contributed by atoms with Gasteiger partial charge in [-0.25, -0.2) is 4.79 Å². The number of carbonyl (C=O) groups excluding carboxylic acids is 1. The van der Waals surface area contributed by atoms with Crippen LogP contribution in [0, 0.1) is 0 Å². The largest absolute Gasteiger partial charge is 0.326 e. The maximum absolute atomic E-state index is 13.9. The maximum atomic E-state index is 13.9. The van der Waals surface area contributed by atoms with Crippen molar-refractivity contribution < 1.29 is 4.79 Å². The number of rotatable bonds is 7. The zero-order chi connectivity index (χ0) is 24.6. The molecule has 2 amide bonds. The minimum Gasteiger partial charge on any atom is -0.308 e. The van der Waals surface area contributed by atoms with Crippen molar-refractivity contribution in [3.63, 3.8) is 0 Å². The van der Waals surface area contributed by atoms with Crippen molar-refractivity contribution in [1.82, 2.24) is 0 Å². The number of hydrogen-bond acceptors (Lipinski definition) is 1. The summed E-state index contributed by atoms with van der Waals surface area (Å²) in [5.74, 6) is 0. The molecule has 0 radical (unpaired) electrons. The van der Waals surface area contributed by atoms with Crippen LogP contribution in [0.1, 0.15) is 0 Å². The highest BCUT2D eigenvalue weighted by Gasteiger charge is 2.42. The van der Waals surface area contributed by atoms with Gasteiger partial charge >= 0.3 is 6.03 Å². The number of para-hydroxylation sites is 2. The molecule has 3 nitrogen and oxygen atoms in total. The molecule has 5 aromatic rings. The molecule has 0 bridgehead atoms. The van der Waals surface area contributed by atoms with E-state index in [0.29, 0.717) is 6.17 Å². The second-order valence-electron chi connectivity index (χ2n) is 8.72. The van der Waals surface area contributed by atoms with Crippen LogP contribution < -0.4 is 25.8 Å². The van der Waals surface area contributed by atoms with Crippen LogP contribution in [-0.4, -0.2) is 20.3 Å². The van der Waals surface area contributed by atoms with Crippen LogP contribution in [0.15, 0.2) is 152 Å². The minimum atomic E-state index is -2.68. The molecule has 5 aromatic carbocycles. The lowest BCUT2D eigenvalue weighted by molar-refractivity contribution is 0.257. The van der Waals surface area contributed by atoms with Gasteiger partial charge in [0.25, 0.3) is 0 Å². The molecule has 0 spiro atoms. The molecule has 0 heterocycles. The van der Waals surface area contributed by atoms with Gasteiger partial charge in [0, 0.05) is 17.5 Å².